The topological polar surface area (TPSA) is 58.6 Å². The molecule has 0 fully saturated rings. The highest BCUT2D eigenvalue weighted by atomic mass is 16.1. The van der Waals surface area contributed by atoms with Gasteiger partial charge in [-0.05, 0) is 29.1 Å². The van der Waals surface area contributed by atoms with Crippen molar-refractivity contribution in [3.63, 3.8) is 0 Å². The lowest BCUT2D eigenvalue weighted by molar-refractivity contribution is 0.996. The maximum Gasteiger partial charge on any atom is 0.251 e. The molecule has 0 bridgehead atoms. The molecule has 0 unspecified atom stereocenters. The van der Waals surface area contributed by atoms with E-state index in [1.165, 1.54) is 0 Å². The number of nitrogens with zero attached hydrogens (tertiary/aromatic N) is 2. The largest absolute Gasteiger partial charge is 0.322 e. The fourth-order valence-electron chi connectivity index (χ4n) is 2.87. The predicted molar refractivity (Wildman–Crippen MR) is 94.8 cm³/mol. The number of para-hydroxylation sites is 1. The third-order valence-electron chi connectivity index (χ3n) is 4.06. The maximum absolute atomic E-state index is 12.4. The lowest BCUT2D eigenvalue weighted by atomic mass is 10.00. The van der Waals surface area contributed by atoms with Crippen molar-refractivity contribution in [2.45, 2.75) is 6.42 Å². The SMILES string of the molecule is O=c1[nH]c2ccccc2cc1Cc1ccnnc1-c1ccccc1. The Hall–Kier alpha value is -3.27. The Kier molecular flexibility index (Phi) is 3.63. The molecule has 0 aliphatic rings. The molecule has 4 nitrogen and oxygen atoms in total. The van der Waals surface area contributed by atoms with Crippen molar-refractivity contribution in [1.82, 2.24) is 15.2 Å². The number of hydrogen-bond donors (Lipinski definition) is 1. The molecule has 1 N–H and O–H groups in total. The molecule has 2 aromatic carbocycles. The third kappa shape index (κ3) is 2.70. The lowest BCUT2D eigenvalue weighted by Crippen LogP contribution is -2.13. The predicted octanol–water partition coefficient (Wildman–Crippen LogP) is 3.58. The number of H-pyrrole nitrogens is 1. The highest BCUT2D eigenvalue weighted by Crippen LogP contribution is 2.22. The Morgan fingerprint density at radius 3 is 2.54 bits per heavy atom. The first-order valence-corrected chi connectivity index (χ1v) is 7.78. The van der Waals surface area contributed by atoms with Crippen molar-refractivity contribution >= 4 is 10.9 Å². The molecular weight excluding hydrogens is 298 g/mol. The molecule has 116 valence electrons. The van der Waals surface area contributed by atoms with Crippen molar-refractivity contribution in [1.29, 1.82) is 0 Å². The number of aromatic amines is 1. The van der Waals surface area contributed by atoms with Crippen LogP contribution in [-0.2, 0) is 6.42 Å². The van der Waals surface area contributed by atoms with Gasteiger partial charge in [0.25, 0.3) is 5.56 Å². The Labute approximate surface area is 138 Å². The van der Waals surface area contributed by atoms with E-state index in [0.29, 0.717) is 6.42 Å². The summed E-state index contributed by atoms with van der Waals surface area (Å²) in [5.74, 6) is 0. The molecule has 0 aliphatic carbocycles. The number of hydrogen-bond acceptors (Lipinski definition) is 3. The first kappa shape index (κ1) is 14.3. The number of fused-ring (bicyclic) bond motifs is 1. The molecule has 0 spiro atoms. The van der Waals surface area contributed by atoms with Crippen LogP contribution >= 0.6 is 0 Å². The first-order valence-electron chi connectivity index (χ1n) is 7.78. The van der Waals surface area contributed by atoms with E-state index in [1.54, 1.807) is 6.20 Å². The Morgan fingerprint density at radius 2 is 1.67 bits per heavy atom. The molecule has 0 amide bonds. The van der Waals surface area contributed by atoms with Gasteiger partial charge in [-0.2, -0.15) is 10.2 Å². The Bertz CT molecular complexity index is 1050. The van der Waals surface area contributed by atoms with E-state index in [-0.39, 0.29) is 5.56 Å². The van der Waals surface area contributed by atoms with Crippen LogP contribution in [0.5, 0.6) is 0 Å². The van der Waals surface area contributed by atoms with Crippen molar-refractivity contribution in [2.24, 2.45) is 0 Å². The van der Waals surface area contributed by atoms with Crippen LogP contribution in [0, 0.1) is 0 Å². The van der Waals surface area contributed by atoms with Crippen LogP contribution in [0.3, 0.4) is 0 Å². The van der Waals surface area contributed by atoms with E-state index in [4.69, 9.17) is 0 Å². The summed E-state index contributed by atoms with van der Waals surface area (Å²) in [6.07, 6.45) is 2.18. The van der Waals surface area contributed by atoms with Crippen LogP contribution in [0.2, 0.25) is 0 Å². The number of nitrogens with one attached hydrogen (secondary N) is 1. The molecule has 24 heavy (non-hydrogen) atoms. The summed E-state index contributed by atoms with van der Waals surface area (Å²) >= 11 is 0. The van der Waals surface area contributed by atoms with Crippen LogP contribution in [0.25, 0.3) is 22.2 Å². The molecule has 0 saturated carbocycles. The first-order chi connectivity index (χ1) is 11.8. The normalized spacial score (nSPS) is 10.8. The van der Waals surface area contributed by atoms with Gasteiger partial charge in [-0.1, -0.05) is 48.5 Å². The standard InChI is InChI=1S/C20H15N3O/c24-20-17(12-15-8-4-5-9-18(15)22-20)13-16-10-11-21-23-19(16)14-6-2-1-3-7-14/h1-12H,13H2,(H,22,24). The van der Waals surface area contributed by atoms with Crippen LogP contribution in [0.15, 0.2) is 77.7 Å². The fourth-order valence-corrected chi connectivity index (χ4v) is 2.87. The summed E-state index contributed by atoms with van der Waals surface area (Å²) in [6, 6.07) is 21.6. The van der Waals surface area contributed by atoms with Gasteiger partial charge in [-0.25, -0.2) is 0 Å². The van der Waals surface area contributed by atoms with Gasteiger partial charge in [-0.15, -0.1) is 0 Å². The van der Waals surface area contributed by atoms with Gasteiger partial charge in [0.2, 0.25) is 0 Å². The van der Waals surface area contributed by atoms with Crippen LogP contribution in [0.1, 0.15) is 11.1 Å². The third-order valence-corrected chi connectivity index (χ3v) is 4.06. The second kappa shape index (κ2) is 6.08. The van der Waals surface area contributed by atoms with Crippen molar-refractivity contribution in [3.8, 4) is 11.3 Å². The molecule has 2 heterocycles. The minimum atomic E-state index is -0.0653. The minimum absolute atomic E-state index is 0.0653. The summed E-state index contributed by atoms with van der Waals surface area (Å²) in [7, 11) is 0. The van der Waals surface area contributed by atoms with E-state index < -0.39 is 0 Å². The molecular formula is C20H15N3O. The van der Waals surface area contributed by atoms with Crippen molar-refractivity contribution < 1.29 is 0 Å². The zero-order valence-electron chi connectivity index (χ0n) is 12.9. The minimum Gasteiger partial charge on any atom is -0.322 e. The molecule has 0 saturated heterocycles. The van der Waals surface area contributed by atoms with Crippen LogP contribution in [0.4, 0.5) is 0 Å². The van der Waals surface area contributed by atoms with Gasteiger partial charge in [-0.3, -0.25) is 4.79 Å². The highest BCUT2D eigenvalue weighted by molar-refractivity contribution is 5.78. The highest BCUT2D eigenvalue weighted by Gasteiger charge is 2.10. The quantitative estimate of drug-likeness (QED) is 0.629. The second-order valence-corrected chi connectivity index (χ2v) is 5.66. The molecule has 4 rings (SSSR count). The van der Waals surface area contributed by atoms with E-state index in [2.05, 4.69) is 15.2 Å². The molecule has 2 aromatic heterocycles. The number of benzene rings is 2. The summed E-state index contributed by atoms with van der Waals surface area (Å²) in [4.78, 5) is 15.3. The Balaban J connectivity index is 1.80. The van der Waals surface area contributed by atoms with Gasteiger partial charge >= 0.3 is 0 Å². The maximum atomic E-state index is 12.4. The van der Waals surface area contributed by atoms with Gasteiger partial charge in [0.15, 0.2) is 0 Å². The summed E-state index contributed by atoms with van der Waals surface area (Å²) in [5.41, 5.74) is 4.30. The average molecular weight is 313 g/mol. The summed E-state index contributed by atoms with van der Waals surface area (Å²) in [6.45, 7) is 0. The molecule has 0 radical (unpaired) electrons. The van der Waals surface area contributed by atoms with Crippen LogP contribution in [-0.4, -0.2) is 15.2 Å². The van der Waals surface area contributed by atoms with E-state index in [1.807, 2.05) is 66.7 Å². The zero-order chi connectivity index (χ0) is 16.4. The number of pyridine rings is 1. The van der Waals surface area contributed by atoms with E-state index in [9.17, 15) is 4.79 Å². The average Bonchev–Trinajstić information content (AvgIpc) is 2.63. The van der Waals surface area contributed by atoms with Crippen LogP contribution < -0.4 is 5.56 Å². The zero-order valence-corrected chi connectivity index (χ0v) is 12.9. The molecule has 4 aromatic rings. The lowest BCUT2D eigenvalue weighted by Gasteiger charge is -2.08. The van der Waals surface area contributed by atoms with Gasteiger partial charge in [0.1, 0.15) is 0 Å². The summed E-state index contributed by atoms with van der Waals surface area (Å²) < 4.78 is 0. The van der Waals surface area contributed by atoms with Gasteiger partial charge < -0.3 is 4.98 Å². The second-order valence-electron chi connectivity index (χ2n) is 5.66. The van der Waals surface area contributed by atoms with E-state index >= 15 is 0 Å². The molecule has 4 heteroatoms. The smallest absolute Gasteiger partial charge is 0.251 e. The summed E-state index contributed by atoms with van der Waals surface area (Å²) in [5, 5.41) is 9.30. The number of aromatic nitrogens is 3. The van der Waals surface area contributed by atoms with E-state index in [0.717, 1.165) is 33.3 Å². The fraction of sp³-hybridized carbons (Fsp3) is 0.0500. The molecule has 0 aliphatic heterocycles. The Morgan fingerprint density at radius 1 is 0.875 bits per heavy atom. The van der Waals surface area contributed by atoms with Gasteiger partial charge in [0.05, 0.1) is 5.69 Å². The van der Waals surface area contributed by atoms with Gasteiger partial charge in [0, 0.05) is 29.3 Å². The monoisotopic (exact) mass is 313 g/mol. The van der Waals surface area contributed by atoms with Crippen molar-refractivity contribution in [2.75, 3.05) is 0 Å². The molecule has 0 atom stereocenters. The van der Waals surface area contributed by atoms with Crippen molar-refractivity contribution in [3.05, 3.63) is 94.4 Å². The number of rotatable bonds is 3.